The predicted molar refractivity (Wildman–Crippen MR) is 95.1 cm³/mol. The highest BCUT2D eigenvalue weighted by atomic mass is 32.2. The van der Waals surface area contributed by atoms with Crippen molar-refractivity contribution in [3.63, 3.8) is 0 Å². The molecular formula is C18H18F2N2O4S. The van der Waals surface area contributed by atoms with Crippen molar-refractivity contribution in [1.29, 1.82) is 0 Å². The molecule has 2 aromatic carbocycles. The minimum Gasteiger partial charge on any atom is -0.379 e. The molecule has 9 heteroatoms. The monoisotopic (exact) mass is 396 g/mol. The van der Waals surface area contributed by atoms with E-state index in [9.17, 15) is 22.0 Å². The minimum atomic E-state index is -4.49. The lowest BCUT2D eigenvalue weighted by Gasteiger charge is -2.35. The summed E-state index contributed by atoms with van der Waals surface area (Å²) in [7, 11) is -4.49. The van der Waals surface area contributed by atoms with Crippen LogP contribution in [0, 0.1) is 11.6 Å². The van der Waals surface area contributed by atoms with Gasteiger partial charge in [-0.3, -0.25) is 4.79 Å². The lowest BCUT2D eigenvalue weighted by Crippen LogP contribution is -2.48. The molecule has 144 valence electrons. The number of carbonyl (C=O) groups is 1. The number of benzene rings is 2. The highest BCUT2D eigenvalue weighted by Gasteiger charge is 2.23. The van der Waals surface area contributed by atoms with Crippen LogP contribution in [0.5, 0.6) is 5.75 Å². The molecule has 0 aliphatic carbocycles. The Kier molecular flexibility index (Phi) is 5.31. The van der Waals surface area contributed by atoms with Crippen LogP contribution in [0.1, 0.15) is 6.92 Å². The first-order valence-electron chi connectivity index (χ1n) is 8.26. The molecule has 1 aliphatic rings. The van der Waals surface area contributed by atoms with Crippen LogP contribution in [0.4, 0.5) is 14.5 Å². The topological polar surface area (TPSA) is 66.9 Å². The number of nitrogens with zero attached hydrogens (tertiary/aromatic N) is 2. The lowest BCUT2D eigenvalue weighted by molar-refractivity contribution is -0.129. The zero-order chi connectivity index (χ0) is 19.6. The van der Waals surface area contributed by atoms with Crippen molar-refractivity contribution in [1.82, 2.24) is 4.90 Å². The second kappa shape index (κ2) is 7.51. The van der Waals surface area contributed by atoms with E-state index in [-0.39, 0.29) is 11.7 Å². The van der Waals surface area contributed by atoms with Gasteiger partial charge >= 0.3 is 10.1 Å². The third-order valence-electron chi connectivity index (χ3n) is 4.30. The first-order valence-corrected chi connectivity index (χ1v) is 9.67. The summed E-state index contributed by atoms with van der Waals surface area (Å²) in [6.07, 6.45) is 0. The summed E-state index contributed by atoms with van der Waals surface area (Å²) >= 11 is 0. The largest absolute Gasteiger partial charge is 0.379 e. The number of hydrogen-bond donors (Lipinski definition) is 0. The van der Waals surface area contributed by atoms with Gasteiger partial charge in [0.2, 0.25) is 5.91 Å². The summed E-state index contributed by atoms with van der Waals surface area (Å²) in [5.41, 5.74) is 0.847. The quantitative estimate of drug-likeness (QED) is 0.743. The number of anilines is 1. The zero-order valence-electron chi connectivity index (χ0n) is 14.6. The molecule has 1 amide bonds. The van der Waals surface area contributed by atoms with Crippen LogP contribution in [0.3, 0.4) is 0 Å². The van der Waals surface area contributed by atoms with Crippen LogP contribution in [-0.4, -0.2) is 45.4 Å². The normalized spacial score (nSPS) is 14.9. The van der Waals surface area contributed by atoms with Crippen molar-refractivity contribution in [3.8, 4) is 5.75 Å². The van der Waals surface area contributed by atoms with Crippen LogP contribution < -0.4 is 9.08 Å². The second-order valence-corrected chi connectivity index (χ2v) is 7.61. The molecule has 1 fully saturated rings. The first-order chi connectivity index (χ1) is 12.8. The van der Waals surface area contributed by atoms with Gasteiger partial charge in [0.05, 0.1) is 0 Å². The number of piperazine rings is 1. The van der Waals surface area contributed by atoms with E-state index in [0.717, 1.165) is 17.8 Å². The highest BCUT2D eigenvalue weighted by molar-refractivity contribution is 7.87. The Hall–Kier alpha value is -2.68. The molecule has 2 aromatic rings. The summed E-state index contributed by atoms with van der Waals surface area (Å²) < 4.78 is 56.2. The lowest BCUT2D eigenvalue weighted by atomic mass is 10.2. The predicted octanol–water partition coefficient (Wildman–Crippen LogP) is 2.40. The molecule has 0 radical (unpaired) electrons. The van der Waals surface area contributed by atoms with E-state index in [1.54, 1.807) is 17.0 Å². The number of carbonyl (C=O) groups excluding carboxylic acids is 1. The third-order valence-corrected chi connectivity index (χ3v) is 5.56. The van der Waals surface area contributed by atoms with Crippen LogP contribution in [-0.2, 0) is 14.9 Å². The Morgan fingerprint density at radius 3 is 2.22 bits per heavy atom. The SMILES string of the molecule is CC(=O)N1CCN(c2ccc(OS(=O)(=O)c3cc(F)ccc3F)cc2)CC1. The summed E-state index contributed by atoms with van der Waals surface area (Å²) in [6, 6.07) is 8.38. The molecule has 6 nitrogen and oxygen atoms in total. The summed E-state index contributed by atoms with van der Waals surface area (Å²) in [6.45, 7) is 4.07. The smallest absolute Gasteiger partial charge is 0.342 e. The standard InChI is InChI=1S/C18H18F2N2O4S/c1-13(23)21-8-10-22(11-9-21)15-3-5-16(6-4-15)26-27(24,25)18-12-14(19)2-7-17(18)20/h2-7,12H,8-11H2,1H3. The minimum absolute atomic E-state index is 0.00946. The molecule has 0 atom stereocenters. The van der Waals surface area contributed by atoms with Crippen LogP contribution in [0.25, 0.3) is 0 Å². The molecule has 1 aliphatic heterocycles. The van der Waals surface area contributed by atoms with Crippen LogP contribution >= 0.6 is 0 Å². The van der Waals surface area contributed by atoms with E-state index in [2.05, 4.69) is 4.90 Å². The van der Waals surface area contributed by atoms with Gasteiger partial charge in [-0.1, -0.05) is 0 Å². The third kappa shape index (κ3) is 4.36. The summed E-state index contributed by atoms with van der Waals surface area (Å²) in [5.74, 6) is -1.94. The maximum absolute atomic E-state index is 13.7. The molecule has 0 bridgehead atoms. The Morgan fingerprint density at radius 2 is 1.63 bits per heavy atom. The fraction of sp³-hybridized carbons (Fsp3) is 0.278. The van der Waals surface area contributed by atoms with Gasteiger partial charge < -0.3 is 14.0 Å². The van der Waals surface area contributed by atoms with Crippen molar-refractivity contribution in [3.05, 3.63) is 54.1 Å². The number of rotatable bonds is 4. The molecule has 1 heterocycles. The Morgan fingerprint density at radius 1 is 1.00 bits per heavy atom. The molecular weight excluding hydrogens is 378 g/mol. The van der Waals surface area contributed by atoms with Crippen molar-refractivity contribution < 1.29 is 26.2 Å². The maximum Gasteiger partial charge on any atom is 0.342 e. The molecule has 0 N–H and O–H groups in total. The second-order valence-electron chi connectivity index (χ2n) is 6.10. The summed E-state index contributed by atoms with van der Waals surface area (Å²) in [4.78, 5) is 14.3. The maximum atomic E-state index is 13.7. The fourth-order valence-corrected chi connectivity index (χ4v) is 3.85. The Bertz CT molecular complexity index is 940. The molecule has 0 aromatic heterocycles. The van der Waals surface area contributed by atoms with E-state index < -0.39 is 26.6 Å². The summed E-state index contributed by atoms with van der Waals surface area (Å²) in [5, 5.41) is 0. The molecule has 0 spiro atoms. The van der Waals surface area contributed by atoms with E-state index in [1.807, 2.05) is 0 Å². The van der Waals surface area contributed by atoms with Gasteiger partial charge in [0.15, 0.2) is 0 Å². The van der Waals surface area contributed by atoms with Gasteiger partial charge in [-0.25, -0.2) is 8.78 Å². The van der Waals surface area contributed by atoms with Gasteiger partial charge in [-0.05, 0) is 42.5 Å². The highest BCUT2D eigenvalue weighted by Crippen LogP contribution is 2.25. The van der Waals surface area contributed by atoms with Crippen LogP contribution in [0.2, 0.25) is 0 Å². The van der Waals surface area contributed by atoms with E-state index in [1.165, 1.54) is 19.1 Å². The van der Waals surface area contributed by atoms with Gasteiger partial charge in [-0.15, -0.1) is 0 Å². The molecule has 27 heavy (non-hydrogen) atoms. The molecule has 0 unspecified atom stereocenters. The van der Waals surface area contributed by atoms with E-state index in [0.29, 0.717) is 32.2 Å². The van der Waals surface area contributed by atoms with Gasteiger partial charge in [0.1, 0.15) is 22.3 Å². The average molecular weight is 396 g/mol. The van der Waals surface area contributed by atoms with Gasteiger partial charge in [0, 0.05) is 38.8 Å². The van der Waals surface area contributed by atoms with E-state index in [4.69, 9.17) is 4.18 Å². The van der Waals surface area contributed by atoms with E-state index >= 15 is 0 Å². The van der Waals surface area contributed by atoms with Gasteiger partial charge in [-0.2, -0.15) is 8.42 Å². The van der Waals surface area contributed by atoms with Crippen LogP contribution in [0.15, 0.2) is 47.4 Å². The van der Waals surface area contributed by atoms with Crippen molar-refractivity contribution >= 4 is 21.7 Å². The average Bonchev–Trinajstić information content (AvgIpc) is 2.64. The number of halogens is 2. The number of amides is 1. The van der Waals surface area contributed by atoms with Crippen molar-refractivity contribution in [2.45, 2.75) is 11.8 Å². The Balaban J connectivity index is 1.71. The van der Waals surface area contributed by atoms with Gasteiger partial charge in [0.25, 0.3) is 0 Å². The number of hydrogen-bond acceptors (Lipinski definition) is 5. The first kappa shape index (κ1) is 19.1. The molecule has 0 saturated carbocycles. The van der Waals surface area contributed by atoms with Crippen molar-refractivity contribution in [2.75, 3.05) is 31.1 Å². The molecule has 1 saturated heterocycles. The fourth-order valence-electron chi connectivity index (χ4n) is 2.83. The Labute approximate surface area is 156 Å². The van der Waals surface area contributed by atoms with Crippen molar-refractivity contribution in [2.24, 2.45) is 0 Å². The zero-order valence-corrected chi connectivity index (χ0v) is 15.4. The molecule has 3 rings (SSSR count).